The average molecular weight is 339 g/mol. The number of benzene rings is 1. The molecule has 0 saturated carbocycles. The van der Waals surface area contributed by atoms with Crippen LogP contribution in [0.3, 0.4) is 0 Å². The van der Waals surface area contributed by atoms with Crippen LogP contribution in [0.15, 0.2) is 53.1 Å². The van der Waals surface area contributed by atoms with Gasteiger partial charge in [-0.05, 0) is 50.2 Å². The highest BCUT2D eigenvalue weighted by molar-refractivity contribution is 7.14. The van der Waals surface area contributed by atoms with Gasteiger partial charge in [-0.1, -0.05) is 17.2 Å². The van der Waals surface area contributed by atoms with Crippen molar-refractivity contribution in [3.05, 3.63) is 80.9 Å². The summed E-state index contributed by atoms with van der Waals surface area (Å²) in [6.07, 6.45) is 1.48. The van der Waals surface area contributed by atoms with Gasteiger partial charge in [-0.15, -0.1) is 11.3 Å². The zero-order chi connectivity index (χ0) is 17.1. The first-order valence-electron chi connectivity index (χ1n) is 7.56. The van der Waals surface area contributed by atoms with Gasteiger partial charge in [0.15, 0.2) is 5.76 Å². The van der Waals surface area contributed by atoms with Crippen LogP contribution in [-0.4, -0.2) is 11.7 Å². The summed E-state index contributed by atoms with van der Waals surface area (Å²) in [7, 11) is 0. The predicted octanol–water partition coefficient (Wildman–Crippen LogP) is 4.12. The van der Waals surface area contributed by atoms with Crippen LogP contribution in [0, 0.1) is 13.8 Å². The molecule has 4 nitrogen and oxygen atoms in total. The molecule has 24 heavy (non-hydrogen) atoms. The number of aryl methyl sites for hydroxylation is 2. The summed E-state index contributed by atoms with van der Waals surface area (Å²) in [5.74, 6) is 0.0636. The van der Waals surface area contributed by atoms with E-state index >= 15 is 0 Å². The third-order valence-electron chi connectivity index (χ3n) is 3.54. The number of hydrogen-bond acceptors (Lipinski definition) is 4. The minimum absolute atomic E-state index is 0.117. The first kappa shape index (κ1) is 16.2. The molecule has 2 aromatic heterocycles. The summed E-state index contributed by atoms with van der Waals surface area (Å²) in [5.41, 5.74) is 2.76. The Balaban J connectivity index is 1.65. The topological polar surface area (TPSA) is 59.3 Å². The Hall–Kier alpha value is -2.66. The largest absolute Gasteiger partial charge is 0.461 e. The van der Waals surface area contributed by atoms with E-state index in [1.165, 1.54) is 17.6 Å². The molecular formula is C19H17NO3S. The van der Waals surface area contributed by atoms with Crippen LogP contribution >= 0.6 is 11.3 Å². The summed E-state index contributed by atoms with van der Waals surface area (Å²) < 4.78 is 5.12. The van der Waals surface area contributed by atoms with Crippen molar-refractivity contribution >= 4 is 23.0 Å². The number of carbonyl (C=O) groups excluding carboxylic acids is 2. The second-order valence-electron chi connectivity index (χ2n) is 5.63. The Morgan fingerprint density at radius 3 is 2.50 bits per heavy atom. The molecule has 0 unspecified atom stereocenters. The molecule has 1 N–H and O–H groups in total. The summed E-state index contributed by atoms with van der Waals surface area (Å²) in [6.45, 7) is 4.33. The lowest BCUT2D eigenvalue weighted by atomic mass is 10.1. The third kappa shape index (κ3) is 3.63. The van der Waals surface area contributed by atoms with Gasteiger partial charge in [0, 0.05) is 10.4 Å². The van der Waals surface area contributed by atoms with Crippen molar-refractivity contribution in [1.82, 2.24) is 5.32 Å². The second-order valence-corrected chi connectivity index (χ2v) is 6.80. The Morgan fingerprint density at radius 1 is 1.08 bits per heavy atom. The fourth-order valence-corrected chi connectivity index (χ4v) is 3.39. The van der Waals surface area contributed by atoms with E-state index in [1.807, 2.05) is 38.1 Å². The summed E-state index contributed by atoms with van der Waals surface area (Å²) in [5, 5.41) is 2.89. The molecule has 1 amide bonds. The first-order valence-corrected chi connectivity index (χ1v) is 8.38. The molecule has 122 valence electrons. The van der Waals surface area contributed by atoms with E-state index in [0.29, 0.717) is 22.7 Å². The van der Waals surface area contributed by atoms with Gasteiger partial charge in [-0.3, -0.25) is 9.59 Å². The molecule has 0 radical (unpaired) electrons. The normalized spacial score (nSPS) is 10.6. The lowest BCUT2D eigenvalue weighted by Gasteiger charge is -2.06. The number of furan rings is 1. The van der Waals surface area contributed by atoms with E-state index in [9.17, 15) is 9.59 Å². The number of hydrogen-bond donors (Lipinski definition) is 1. The molecule has 3 aromatic rings. The Bertz CT molecular complexity index is 858. The van der Waals surface area contributed by atoms with Crippen molar-refractivity contribution in [2.24, 2.45) is 0 Å². The number of carbonyl (C=O) groups is 2. The monoisotopic (exact) mass is 339 g/mol. The van der Waals surface area contributed by atoms with Gasteiger partial charge < -0.3 is 9.73 Å². The van der Waals surface area contributed by atoms with Crippen LogP contribution < -0.4 is 5.32 Å². The molecular weight excluding hydrogens is 322 g/mol. The van der Waals surface area contributed by atoms with E-state index in [2.05, 4.69) is 5.32 Å². The number of rotatable bonds is 5. The van der Waals surface area contributed by atoms with Crippen molar-refractivity contribution in [3.8, 4) is 0 Å². The van der Waals surface area contributed by atoms with Crippen LogP contribution in [0.5, 0.6) is 0 Å². The maximum absolute atomic E-state index is 12.3. The highest BCUT2D eigenvalue weighted by atomic mass is 32.1. The molecule has 0 atom stereocenters. The molecule has 0 aliphatic heterocycles. The number of amides is 1. The maximum Gasteiger partial charge on any atom is 0.251 e. The number of thiophene rings is 1. The lowest BCUT2D eigenvalue weighted by molar-refractivity contribution is 0.0950. The van der Waals surface area contributed by atoms with Crippen LogP contribution in [0.2, 0.25) is 0 Å². The van der Waals surface area contributed by atoms with E-state index in [0.717, 1.165) is 16.0 Å². The van der Waals surface area contributed by atoms with Crippen molar-refractivity contribution in [1.29, 1.82) is 0 Å². The van der Waals surface area contributed by atoms with Gasteiger partial charge in [-0.25, -0.2) is 0 Å². The van der Waals surface area contributed by atoms with E-state index in [4.69, 9.17) is 4.42 Å². The highest BCUT2D eigenvalue weighted by Crippen LogP contribution is 2.20. The molecule has 0 aliphatic rings. The van der Waals surface area contributed by atoms with Gasteiger partial charge in [0.2, 0.25) is 5.78 Å². The molecule has 0 fully saturated rings. The number of ketones is 1. The Morgan fingerprint density at radius 2 is 1.83 bits per heavy atom. The third-order valence-corrected chi connectivity index (χ3v) is 4.62. The molecule has 3 rings (SSSR count). The minimum atomic E-state index is -0.142. The van der Waals surface area contributed by atoms with Crippen molar-refractivity contribution in [2.75, 3.05) is 0 Å². The van der Waals surface area contributed by atoms with Crippen molar-refractivity contribution in [3.63, 3.8) is 0 Å². The van der Waals surface area contributed by atoms with Crippen molar-refractivity contribution < 1.29 is 14.0 Å². The molecule has 0 saturated heterocycles. The smallest absolute Gasteiger partial charge is 0.251 e. The predicted molar refractivity (Wildman–Crippen MR) is 93.5 cm³/mol. The molecule has 0 spiro atoms. The van der Waals surface area contributed by atoms with Gasteiger partial charge in [0.05, 0.1) is 17.7 Å². The molecule has 2 heterocycles. The van der Waals surface area contributed by atoms with Crippen molar-refractivity contribution in [2.45, 2.75) is 20.4 Å². The quantitative estimate of drug-likeness (QED) is 0.711. The highest BCUT2D eigenvalue weighted by Gasteiger charge is 2.15. The zero-order valence-electron chi connectivity index (χ0n) is 13.5. The maximum atomic E-state index is 12.3. The zero-order valence-corrected chi connectivity index (χ0v) is 14.3. The second kappa shape index (κ2) is 6.84. The van der Waals surface area contributed by atoms with Gasteiger partial charge >= 0.3 is 0 Å². The van der Waals surface area contributed by atoms with Gasteiger partial charge in [0.25, 0.3) is 5.91 Å². The van der Waals surface area contributed by atoms with E-state index < -0.39 is 0 Å². The van der Waals surface area contributed by atoms with Gasteiger partial charge in [-0.2, -0.15) is 0 Å². The van der Waals surface area contributed by atoms with Crippen LogP contribution in [0.25, 0.3) is 0 Å². The fourth-order valence-electron chi connectivity index (χ4n) is 2.50. The minimum Gasteiger partial charge on any atom is -0.461 e. The fraction of sp³-hybridized carbons (Fsp3) is 0.158. The standard InChI is InChI=1S/C19H17NO3S/c1-12-8-13(2)10-14(9-12)19(22)20-11-15-5-6-17(24-15)18(21)16-4-3-7-23-16/h3-10H,11H2,1-2H3,(H,20,22). The average Bonchev–Trinajstić information content (AvgIpc) is 3.22. The summed E-state index contributed by atoms with van der Waals surface area (Å²) >= 11 is 1.36. The van der Waals surface area contributed by atoms with Crippen LogP contribution in [0.4, 0.5) is 0 Å². The van der Waals surface area contributed by atoms with E-state index in [1.54, 1.807) is 18.2 Å². The van der Waals surface area contributed by atoms with Crippen LogP contribution in [0.1, 0.15) is 41.8 Å². The lowest BCUT2D eigenvalue weighted by Crippen LogP contribution is -2.22. The molecule has 5 heteroatoms. The molecule has 0 aliphatic carbocycles. The first-order chi connectivity index (χ1) is 11.5. The molecule has 1 aromatic carbocycles. The van der Waals surface area contributed by atoms with Gasteiger partial charge in [0.1, 0.15) is 0 Å². The number of nitrogens with one attached hydrogen (secondary N) is 1. The van der Waals surface area contributed by atoms with E-state index in [-0.39, 0.29) is 11.7 Å². The summed E-state index contributed by atoms with van der Waals surface area (Å²) in [6, 6.07) is 12.7. The summed E-state index contributed by atoms with van der Waals surface area (Å²) in [4.78, 5) is 26.0. The van der Waals surface area contributed by atoms with Crippen LogP contribution in [-0.2, 0) is 6.54 Å². The molecule has 0 bridgehead atoms. The Labute approximate surface area is 144 Å². The SMILES string of the molecule is Cc1cc(C)cc(C(=O)NCc2ccc(C(=O)c3ccco3)s2)c1. The Kier molecular flexibility index (Phi) is 4.62.